The zero-order chi connectivity index (χ0) is 16.3. The van der Waals surface area contributed by atoms with Gasteiger partial charge in [-0.2, -0.15) is 13.2 Å². The maximum atomic E-state index is 12.7. The van der Waals surface area contributed by atoms with Gasteiger partial charge in [-0.1, -0.05) is 5.57 Å². The third kappa shape index (κ3) is 3.96. The van der Waals surface area contributed by atoms with E-state index < -0.39 is 11.9 Å². The molecule has 0 spiro atoms. The van der Waals surface area contributed by atoms with Gasteiger partial charge in [-0.25, -0.2) is 9.97 Å². The predicted octanol–water partition coefficient (Wildman–Crippen LogP) is 2.11. The normalized spacial score (nSPS) is 15.7. The van der Waals surface area contributed by atoms with Crippen molar-refractivity contribution in [1.29, 1.82) is 0 Å². The minimum atomic E-state index is -4.49. The Morgan fingerprint density at radius 3 is 2.41 bits per heavy atom. The van der Waals surface area contributed by atoms with E-state index in [4.69, 9.17) is 0 Å². The van der Waals surface area contributed by atoms with E-state index in [0.717, 1.165) is 17.8 Å². The molecule has 2 rings (SSSR count). The van der Waals surface area contributed by atoms with Crippen molar-refractivity contribution >= 4 is 11.9 Å². The zero-order valence-corrected chi connectivity index (χ0v) is 12.4. The van der Waals surface area contributed by atoms with Crippen LogP contribution in [-0.2, 0) is 11.0 Å². The first-order valence-corrected chi connectivity index (χ1v) is 6.86. The largest absolute Gasteiger partial charge is 0.433 e. The Labute approximate surface area is 126 Å². The predicted molar refractivity (Wildman–Crippen MR) is 75.3 cm³/mol. The van der Waals surface area contributed by atoms with Gasteiger partial charge in [-0.3, -0.25) is 4.79 Å². The average Bonchev–Trinajstić information content (AvgIpc) is 2.46. The highest BCUT2D eigenvalue weighted by Crippen LogP contribution is 2.28. The quantitative estimate of drug-likeness (QED) is 0.785. The number of hydrogen-bond donors (Lipinski definition) is 0. The molecule has 0 N–H and O–H groups in total. The highest BCUT2D eigenvalue weighted by atomic mass is 19.4. The lowest BCUT2D eigenvalue weighted by molar-refractivity contribution is -0.141. The summed E-state index contributed by atoms with van der Waals surface area (Å²) < 4.78 is 38.0. The molecule has 0 aromatic carbocycles. The number of carbonyl (C=O) groups excluding carboxylic acids is 1. The molecule has 0 atom stereocenters. The van der Waals surface area contributed by atoms with Crippen LogP contribution in [-0.4, -0.2) is 47.0 Å². The highest BCUT2D eigenvalue weighted by Gasteiger charge is 2.33. The van der Waals surface area contributed by atoms with Crippen LogP contribution >= 0.6 is 0 Å². The molecular weight excluding hydrogens is 297 g/mol. The third-order valence-corrected chi connectivity index (χ3v) is 3.22. The molecule has 0 aliphatic carbocycles. The van der Waals surface area contributed by atoms with Crippen LogP contribution in [0, 0.1) is 0 Å². The van der Waals surface area contributed by atoms with E-state index in [1.54, 1.807) is 15.9 Å². The van der Waals surface area contributed by atoms with Gasteiger partial charge in [0.15, 0.2) is 0 Å². The molecule has 1 aliphatic rings. The fraction of sp³-hybridized carbons (Fsp3) is 0.500. The average molecular weight is 314 g/mol. The Morgan fingerprint density at radius 1 is 1.23 bits per heavy atom. The number of halogens is 3. The molecule has 1 aromatic heterocycles. The van der Waals surface area contributed by atoms with Gasteiger partial charge in [0.25, 0.3) is 0 Å². The molecule has 22 heavy (non-hydrogen) atoms. The number of piperazine rings is 1. The minimum Gasteiger partial charge on any atom is -0.337 e. The summed E-state index contributed by atoms with van der Waals surface area (Å²) in [7, 11) is 0. The monoisotopic (exact) mass is 314 g/mol. The number of carbonyl (C=O) groups is 1. The molecule has 0 radical (unpaired) electrons. The van der Waals surface area contributed by atoms with Gasteiger partial charge < -0.3 is 9.80 Å². The van der Waals surface area contributed by atoms with Gasteiger partial charge in [0, 0.05) is 38.5 Å². The highest BCUT2D eigenvalue weighted by molar-refractivity contribution is 5.88. The number of aromatic nitrogens is 2. The standard InChI is InChI=1S/C14H17F3N4O/c1-10(2)9-12(22)20-5-7-21(8-6-20)13-18-4-3-11(19-13)14(15,16)17/h3-4,9H,5-8H2,1-2H3. The molecule has 1 aliphatic heterocycles. The number of hydrogen-bond acceptors (Lipinski definition) is 4. The lowest BCUT2D eigenvalue weighted by atomic mass is 10.2. The Balaban J connectivity index is 2.03. The maximum Gasteiger partial charge on any atom is 0.433 e. The van der Waals surface area contributed by atoms with E-state index >= 15 is 0 Å². The van der Waals surface area contributed by atoms with Crippen molar-refractivity contribution in [2.45, 2.75) is 20.0 Å². The van der Waals surface area contributed by atoms with Crippen LogP contribution in [0.5, 0.6) is 0 Å². The third-order valence-electron chi connectivity index (χ3n) is 3.22. The Hall–Kier alpha value is -2.12. The maximum absolute atomic E-state index is 12.7. The molecule has 5 nitrogen and oxygen atoms in total. The topological polar surface area (TPSA) is 49.3 Å². The molecular formula is C14H17F3N4O. The number of alkyl halides is 3. The first kappa shape index (κ1) is 16.3. The zero-order valence-electron chi connectivity index (χ0n) is 12.4. The van der Waals surface area contributed by atoms with Crippen LogP contribution in [0.2, 0.25) is 0 Å². The molecule has 1 amide bonds. The summed E-state index contributed by atoms with van der Waals surface area (Å²) in [5.41, 5.74) is -0.0470. The van der Waals surface area contributed by atoms with Gasteiger partial charge in [0.2, 0.25) is 11.9 Å². The fourth-order valence-corrected chi connectivity index (χ4v) is 2.12. The number of allylic oxidation sites excluding steroid dienone is 1. The van der Waals surface area contributed by atoms with Gasteiger partial charge in [-0.15, -0.1) is 0 Å². The summed E-state index contributed by atoms with van der Waals surface area (Å²) in [6.07, 6.45) is -1.83. The summed E-state index contributed by atoms with van der Waals surface area (Å²) in [6, 6.07) is 0.845. The van der Waals surface area contributed by atoms with E-state index in [1.165, 1.54) is 0 Å². The van der Waals surface area contributed by atoms with Crippen molar-refractivity contribution in [3.05, 3.63) is 29.6 Å². The van der Waals surface area contributed by atoms with E-state index in [1.807, 2.05) is 13.8 Å². The Bertz CT molecular complexity index is 574. The van der Waals surface area contributed by atoms with Crippen molar-refractivity contribution in [2.24, 2.45) is 0 Å². The smallest absolute Gasteiger partial charge is 0.337 e. The molecule has 0 unspecified atom stereocenters. The second-order valence-electron chi connectivity index (χ2n) is 5.27. The molecule has 1 aromatic rings. The second-order valence-corrected chi connectivity index (χ2v) is 5.27. The lowest BCUT2D eigenvalue weighted by Crippen LogP contribution is -2.49. The first-order valence-electron chi connectivity index (χ1n) is 6.86. The van der Waals surface area contributed by atoms with Crippen LogP contribution in [0.4, 0.5) is 19.1 Å². The minimum absolute atomic E-state index is 0.0455. The molecule has 1 saturated heterocycles. The number of rotatable bonds is 2. The van der Waals surface area contributed by atoms with E-state index in [0.29, 0.717) is 26.2 Å². The summed E-state index contributed by atoms with van der Waals surface area (Å²) in [5, 5.41) is 0. The molecule has 0 saturated carbocycles. The van der Waals surface area contributed by atoms with Crippen LogP contribution in [0.25, 0.3) is 0 Å². The van der Waals surface area contributed by atoms with Crippen molar-refractivity contribution in [3.63, 3.8) is 0 Å². The molecule has 1 fully saturated rings. The second kappa shape index (κ2) is 6.33. The summed E-state index contributed by atoms with van der Waals surface area (Å²) in [5.74, 6) is -0.0336. The van der Waals surface area contributed by atoms with E-state index in [2.05, 4.69) is 9.97 Å². The number of nitrogens with zero attached hydrogens (tertiary/aromatic N) is 4. The molecule has 0 bridgehead atoms. The SMILES string of the molecule is CC(C)=CC(=O)N1CCN(c2nccc(C(F)(F)F)n2)CC1. The number of amides is 1. The van der Waals surface area contributed by atoms with Crippen LogP contribution < -0.4 is 4.90 Å². The van der Waals surface area contributed by atoms with Gasteiger partial charge in [-0.05, 0) is 19.9 Å². The van der Waals surface area contributed by atoms with Crippen LogP contribution in [0.15, 0.2) is 23.9 Å². The summed E-state index contributed by atoms with van der Waals surface area (Å²) >= 11 is 0. The van der Waals surface area contributed by atoms with Crippen LogP contribution in [0.3, 0.4) is 0 Å². The van der Waals surface area contributed by atoms with Crippen molar-refractivity contribution in [2.75, 3.05) is 31.1 Å². The summed E-state index contributed by atoms with van der Waals surface area (Å²) in [6.45, 7) is 5.35. The summed E-state index contributed by atoms with van der Waals surface area (Å²) in [4.78, 5) is 22.7. The van der Waals surface area contributed by atoms with Gasteiger partial charge in [0.1, 0.15) is 5.69 Å². The van der Waals surface area contributed by atoms with E-state index in [-0.39, 0.29) is 11.9 Å². The molecule has 2 heterocycles. The van der Waals surface area contributed by atoms with E-state index in [9.17, 15) is 18.0 Å². The van der Waals surface area contributed by atoms with Gasteiger partial charge in [0.05, 0.1) is 0 Å². The number of anilines is 1. The van der Waals surface area contributed by atoms with Gasteiger partial charge >= 0.3 is 6.18 Å². The molecule has 120 valence electrons. The Morgan fingerprint density at radius 2 is 1.86 bits per heavy atom. The first-order chi connectivity index (χ1) is 10.3. The van der Waals surface area contributed by atoms with Crippen molar-refractivity contribution < 1.29 is 18.0 Å². The molecule has 8 heteroatoms. The van der Waals surface area contributed by atoms with Crippen LogP contribution in [0.1, 0.15) is 19.5 Å². The van der Waals surface area contributed by atoms with Crippen molar-refractivity contribution in [1.82, 2.24) is 14.9 Å². The lowest BCUT2D eigenvalue weighted by Gasteiger charge is -2.34. The fourth-order valence-electron chi connectivity index (χ4n) is 2.12. The Kier molecular flexibility index (Phi) is 4.68. The van der Waals surface area contributed by atoms with Crippen molar-refractivity contribution in [3.8, 4) is 0 Å².